The van der Waals surface area contributed by atoms with E-state index in [4.69, 9.17) is 30.8 Å². The van der Waals surface area contributed by atoms with Crippen molar-refractivity contribution in [1.82, 2.24) is 5.32 Å². The minimum atomic E-state index is -0.895. The third kappa shape index (κ3) is 13.5. The molecule has 172 valence electrons. The third-order valence-corrected chi connectivity index (χ3v) is 6.19. The van der Waals surface area contributed by atoms with Crippen LogP contribution in [-0.2, 0) is 23.7 Å². The van der Waals surface area contributed by atoms with E-state index in [9.17, 15) is 4.79 Å². The molecule has 1 amide bonds. The van der Waals surface area contributed by atoms with Crippen molar-refractivity contribution in [1.29, 1.82) is 0 Å². The molecule has 0 aromatic carbocycles. The number of ether oxygens (including phenoxy) is 4. The number of nitrogens with two attached hydrogens (primary N) is 2. The van der Waals surface area contributed by atoms with Gasteiger partial charge in [0.25, 0.3) is 0 Å². The molecule has 4 unspecified atom stereocenters. The number of amides is 1. The zero-order valence-electron chi connectivity index (χ0n) is 17.6. The van der Waals surface area contributed by atoms with Crippen LogP contribution in [0.1, 0.15) is 32.1 Å². The second-order valence-electron chi connectivity index (χ2n) is 7.05. The van der Waals surface area contributed by atoms with E-state index in [1.807, 2.05) is 11.8 Å². The third-order valence-electron chi connectivity index (χ3n) is 4.63. The lowest BCUT2D eigenvalue weighted by atomic mass is 10.0. The minimum absolute atomic E-state index is 0.0856. The van der Waals surface area contributed by atoms with Crippen LogP contribution in [0.3, 0.4) is 0 Å². The fraction of sp³-hybridized carbons (Fsp3) is 0.947. The summed E-state index contributed by atoms with van der Waals surface area (Å²) in [6.45, 7) is 3.14. The summed E-state index contributed by atoms with van der Waals surface area (Å²) < 4.78 is 20.6. The van der Waals surface area contributed by atoms with Gasteiger partial charge in [0, 0.05) is 49.8 Å². The van der Waals surface area contributed by atoms with Crippen molar-refractivity contribution >= 4 is 17.7 Å². The Morgan fingerprint density at radius 2 is 1.79 bits per heavy atom. The van der Waals surface area contributed by atoms with Crippen molar-refractivity contribution in [2.75, 3.05) is 59.0 Å². The molecule has 6 N–H and O–H groups in total. The molecule has 0 bridgehead atoms. The Balaban J connectivity index is 1.79. The average Bonchev–Trinajstić information content (AvgIpc) is 3.03. The van der Waals surface area contributed by atoms with Crippen LogP contribution in [0.4, 0.5) is 0 Å². The van der Waals surface area contributed by atoms with Crippen molar-refractivity contribution in [3.05, 3.63) is 0 Å². The molecule has 4 atom stereocenters. The normalized spacial score (nSPS) is 22.7. The van der Waals surface area contributed by atoms with Gasteiger partial charge in [0.1, 0.15) is 0 Å². The summed E-state index contributed by atoms with van der Waals surface area (Å²) in [5, 5.41) is 12.5. The number of rotatable bonds is 18. The number of hydrogen-bond acceptors (Lipinski definition) is 9. The molecule has 0 aromatic heterocycles. The number of carbonyl (C=O) groups is 1. The van der Waals surface area contributed by atoms with Crippen molar-refractivity contribution < 1.29 is 28.8 Å². The van der Waals surface area contributed by atoms with Crippen LogP contribution in [0.5, 0.6) is 0 Å². The molecule has 1 aliphatic heterocycles. The van der Waals surface area contributed by atoms with E-state index in [1.54, 1.807) is 0 Å². The highest BCUT2D eigenvalue weighted by Crippen LogP contribution is 2.28. The van der Waals surface area contributed by atoms with Gasteiger partial charge in [-0.3, -0.25) is 4.79 Å². The lowest BCUT2D eigenvalue weighted by molar-refractivity contribution is -0.123. The highest BCUT2D eigenvalue weighted by atomic mass is 32.2. The summed E-state index contributed by atoms with van der Waals surface area (Å²) in [7, 11) is 1.41. The summed E-state index contributed by atoms with van der Waals surface area (Å²) in [5.74, 6) is 1.03. The molecule has 0 aliphatic carbocycles. The number of hydrogen-bond donors (Lipinski definition) is 4. The Morgan fingerprint density at radius 3 is 2.45 bits per heavy atom. The molecule has 0 aromatic rings. The number of nitrogens with one attached hydrogen (secondary N) is 1. The van der Waals surface area contributed by atoms with Crippen molar-refractivity contribution in [3.63, 3.8) is 0 Å². The van der Waals surface area contributed by atoms with Gasteiger partial charge in [0.05, 0.1) is 33.0 Å². The van der Waals surface area contributed by atoms with Crippen molar-refractivity contribution in [3.8, 4) is 0 Å². The molecule has 1 rings (SSSR count). The zero-order valence-corrected chi connectivity index (χ0v) is 18.4. The fourth-order valence-corrected chi connectivity index (χ4v) is 4.27. The first kappa shape index (κ1) is 26.6. The summed E-state index contributed by atoms with van der Waals surface area (Å²) >= 11 is 1.86. The number of methoxy groups -OCH3 is 1. The molecule has 0 radical (unpaired) electrons. The van der Waals surface area contributed by atoms with Crippen LogP contribution in [0.15, 0.2) is 0 Å². The van der Waals surface area contributed by atoms with Crippen LogP contribution in [0, 0.1) is 0 Å². The predicted octanol–water partition coefficient (Wildman–Crippen LogP) is -0.162. The van der Waals surface area contributed by atoms with Crippen molar-refractivity contribution in [2.24, 2.45) is 11.5 Å². The van der Waals surface area contributed by atoms with E-state index in [0.717, 1.165) is 31.4 Å². The number of aliphatic hydroxyl groups is 1. The first-order valence-corrected chi connectivity index (χ1v) is 11.4. The smallest absolute Gasteiger partial charge is 0.219 e. The molecule has 10 heteroatoms. The Kier molecular flexibility index (Phi) is 15.8. The van der Waals surface area contributed by atoms with Crippen LogP contribution < -0.4 is 16.8 Å². The molecule has 29 heavy (non-hydrogen) atoms. The van der Waals surface area contributed by atoms with Gasteiger partial charge in [-0.15, -0.1) is 0 Å². The maximum absolute atomic E-state index is 11.8. The quantitative estimate of drug-likeness (QED) is 0.170. The Labute approximate surface area is 178 Å². The number of carbonyl (C=O) groups excluding carboxylic acids is 1. The van der Waals surface area contributed by atoms with Gasteiger partial charge in [-0.1, -0.05) is 6.42 Å². The Morgan fingerprint density at radius 1 is 1.10 bits per heavy atom. The largest absolute Gasteiger partial charge is 0.379 e. The second-order valence-corrected chi connectivity index (χ2v) is 8.32. The minimum Gasteiger partial charge on any atom is -0.379 e. The van der Waals surface area contributed by atoms with Crippen LogP contribution in [-0.4, -0.2) is 93.7 Å². The first-order chi connectivity index (χ1) is 14.0. The summed E-state index contributed by atoms with van der Waals surface area (Å²) in [4.78, 5) is 11.8. The second kappa shape index (κ2) is 17.2. The van der Waals surface area contributed by atoms with Crippen molar-refractivity contribution in [2.45, 2.75) is 55.7 Å². The topological polar surface area (TPSA) is 138 Å². The predicted molar refractivity (Wildman–Crippen MR) is 114 cm³/mol. The average molecular weight is 438 g/mol. The first-order valence-electron chi connectivity index (χ1n) is 10.4. The maximum Gasteiger partial charge on any atom is 0.219 e. The maximum atomic E-state index is 11.8. The Hall–Kier alpha value is -0.460. The molecule has 0 spiro atoms. The molecular formula is C19H39N3O6S. The molecule has 1 saturated heterocycles. The van der Waals surface area contributed by atoms with Crippen LogP contribution in [0.2, 0.25) is 0 Å². The number of aliphatic hydroxyl groups excluding tert-OH is 1. The lowest BCUT2D eigenvalue weighted by Crippen LogP contribution is -2.43. The Bertz CT molecular complexity index is 421. The van der Waals surface area contributed by atoms with Gasteiger partial charge in [-0.05, 0) is 19.3 Å². The molecule has 1 heterocycles. The van der Waals surface area contributed by atoms with Gasteiger partial charge in [0.15, 0.2) is 6.29 Å². The number of unbranched alkanes of at least 4 members (excludes halogenated alkanes) is 1. The van der Waals surface area contributed by atoms with Gasteiger partial charge in [-0.25, -0.2) is 0 Å². The molecule has 0 saturated carbocycles. The molecule has 1 aliphatic rings. The van der Waals surface area contributed by atoms with E-state index >= 15 is 0 Å². The standard InChI is InChI=1S/C19H39N3O6S/c1-25-18(24)13-28-12-11-27-10-9-26-8-4-7-22-17(23)6-3-2-5-16-19(21)15(20)14-29-16/h15-16,18-19,24H,2-14,20-21H2,1H3,(H,22,23). The summed E-state index contributed by atoms with van der Waals surface area (Å²) in [6.07, 6.45) is 3.35. The molecule has 9 nitrogen and oxygen atoms in total. The summed E-state index contributed by atoms with van der Waals surface area (Å²) in [6, 6.07) is 0.194. The fourth-order valence-electron chi connectivity index (χ4n) is 2.82. The SMILES string of the molecule is COC(O)COCCOCCOCCCNC(=O)CCCCC1SCC(N)C1N. The monoisotopic (exact) mass is 437 g/mol. The van der Waals surface area contributed by atoms with Gasteiger partial charge in [-0.2, -0.15) is 11.8 Å². The van der Waals surface area contributed by atoms with Crippen LogP contribution >= 0.6 is 11.8 Å². The van der Waals surface area contributed by atoms with Crippen LogP contribution in [0.25, 0.3) is 0 Å². The molecule has 1 fully saturated rings. The highest BCUT2D eigenvalue weighted by molar-refractivity contribution is 8.00. The van der Waals surface area contributed by atoms with E-state index in [-0.39, 0.29) is 24.6 Å². The van der Waals surface area contributed by atoms with E-state index < -0.39 is 6.29 Å². The van der Waals surface area contributed by atoms with E-state index in [1.165, 1.54) is 7.11 Å². The highest BCUT2D eigenvalue weighted by Gasteiger charge is 2.30. The van der Waals surface area contributed by atoms with E-state index in [0.29, 0.717) is 51.2 Å². The van der Waals surface area contributed by atoms with E-state index in [2.05, 4.69) is 10.1 Å². The van der Waals surface area contributed by atoms with Gasteiger partial charge >= 0.3 is 0 Å². The number of thioether (sulfide) groups is 1. The molecular weight excluding hydrogens is 398 g/mol. The van der Waals surface area contributed by atoms with Gasteiger partial charge in [0.2, 0.25) is 5.91 Å². The van der Waals surface area contributed by atoms with Gasteiger partial charge < -0.3 is 40.8 Å². The summed E-state index contributed by atoms with van der Waals surface area (Å²) in [5.41, 5.74) is 12.0. The zero-order chi connectivity index (χ0) is 21.3. The lowest BCUT2D eigenvalue weighted by Gasteiger charge is -2.16.